The van der Waals surface area contributed by atoms with E-state index in [1.165, 1.54) is 29.0 Å². The van der Waals surface area contributed by atoms with Crippen LogP contribution in [0.5, 0.6) is 0 Å². The molecular formula is C25H31N3O4S2. The first-order valence-corrected chi connectivity index (χ1v) is 14.1. The van der Waals surface area contributed by atoms with Crippen LogP contribution in [0.25, 0.3) is 10.2 Å². The van der Waals surface area contributed by atoms with E-state index in [4.69, 9.17) is 9.72 Å². The van der Waals surface area contributed by atoms with Crippen LogP contribution in [-0.4, -0.2) is 69.4 Å². The van der Waals surface area contributed by atoms with Gasteiger partial charge in [-0.3, -0.25) is 14.6 Å². The van der Waals surface area contributed by atoms with E-state index in [0.29, 0.717) is 17.2 Å². The Hall–Kier alpha value is -2.33. The van der Waals surface area contributed by atoms with Crippen LogP contribution in [0, 0.1) is 13.8 Å². The number of thiazole rings is 1. The molecule has 1 aromatic heterocycles. The van der Waals surface area contributed by atoms with E-state index >= 15 is 0 Å². The summed E-state index contributed by atoms with van der Waals surface area (Å²) in [5, 5.41) is 0.668. The standard InChI is InChI=1S/C25H31N3O4S2/c1-4-34(30,31)21-9-7-20(8-10-21)24(29)28(13-5-12-27-14-16-32-17-15-27)25-26-23-19(3)18(2)6-11-22(23)33-25/h6-11H,4-5,12-17H2,1-3H3. The van der Waals surface area contributed by atoms with Crippen molar-refractivity contribution in [3.8, 4) is 0 Å². The van der Waals surface area contributed by atoms with Crippen LogP contribution in [0.4, 0.5) is 5.13 Å². The maximum atomic E-state index is 13.6. The Bertz CT molecular complexity index is 1260. The molecule has 0 saturated carbocycles. The smallest absolute Gasteiger partial charge is 0.260 e. The summed E-state index contributed by atoms with van der Waals surface area (Å²) in [7, 11) is -3.32. The molecule has 0 atom stereocenters. The fraction of sp³-hybridized carbons (Fsp3) is 0.440. The molecule has 4 rings (SSSR count). The van der Waals surface area contributed by atoms with Gasteiger partial charge in [-0.1, -0.05) is 24.3 Å². The molecule has 1 amide bonds. The third-order valence-electron chi connectivity index (χ3n) is 6.35. The zero-order valence-electron chi connectivity index (χ0n) is 19.9. The Balaban J connectivity index is 1.61. The van der Waals surface area contributed by atoms with Crippen LogP contribution < -0.4 is 4.90 Å². The van der Waals surface area contributed by atoms with Crippen LogP contribution in [0.1, 0.15) is 34.8 Å². The topological polar surface area (TPSA) is 79.8 Å². The number of hydrogen-bond donors (Lipinski definition) is 0. The molecule has 1 fully saturated rings. The molecule has 0 unspecified atom stereocenters. The second-order valence-corrected chi connectivity index (χ2v) is 11.8. The fourth-order valence-corrected chi connectivity index (χ4v) is 5.95. The van der Waals surface area contributed by atoms with Gasteiger partial charge in [0, 0.05) is 31.7 Å². The lowest BCUT2D eigenvalue weighted by Crippen LogP contribution is -2.39. The van der Waals surface area contributed by atoms with Crippen molar-refractivity contribution in [2.24, 2.45) is 0 Å². The van der Waals surface area contributed by atoms with Crippen molar-refractivity contribution in [3.05, 3.63) is 53.1 Å². The summed E-state index contributed by atoms with van der Waals surface area (Å²) in [4.78, 5) is 22.8. The van der Waals surface area contributed by atoms with Gasteiger partial charge < -0.3 is 4.74 Å². The van der Waals surface area contributed by atoms with Crippen molar-refractivity contribution in [2.75, 3.05) is 50.0 Å². The van der Waals surface area contributed by atoms with E-state index in [1.54, 1.807) is 24.0 Å². The lowest BCUT2D eigenvalue weighted by Gasteiger charge is -2.27. The molecule has 0 bridgehead atoms. The number of carbonyl (C=O) groups is 1. The van der Waals surface area contributed by atoms with Gasteiger partial charge >= 0.3 is 0 Å². The zero-order valence-corrected chi connectivity index (χ0v) is 21.5. The molecule has 3 aromatic rings. The average Bonchev–Trinajstić information content (AvgIpc) is 3.29. The number of sulfone groups is 1. The normalized spacial score (nSPS) is 15.0. The van der Waals surface area contributed by atoms with Gasteiger partial charge in [0.2, 0.25) is 0 Å². The molecule has 2 aromatic carbocycles. The summed E-state index contributed by atoms with van der Waals surface area (Å²) in [6, 6.07) is 10.4. The number of hydrogen-bond acceptors (Lipinski definition) is 7. The Morgan fingerprint density at radius 1 is 1.12 bits per heavy atom. The molecule has 0 spiro atoms. The van der Waals surface area contributed by atoms with Crippen LogP contribution >= 0.6 is 11.3 Å². The van der Waals surface area contributed by atoms with E-state index in [9.17, 15) is 13.2 Å². The van der Waals surface area contributed by atoms with Crippen molar-refractivity contribution < 1.29 is 17.9 Å². The third kappa shape index (κ3) is 5.33. The number of fused-ring (bicyclic) bond motifs is 1. The van der Waals surface area contributed by atoms with Crippen LogP contribution in [0.2, 0.25) is 0 Å². The number of ether oxygens (including phenoxy) is 1. The van der Waals surface area contributed by atoms with E-state index in [-0.39, 0.29) is 16.6 Å². The second kappa shape index (κ2) is 10.5. The monoisotopic (exact) mass is 501 g/mol. The van der Waals surface area contributed by atoms with Crippen LogP contribution in [-0.2, 0) is 14.6 Å². The minimum Gasteiger partial charge on any atom is -0.379 e. The Morgan fingerprint density at radius 3 is 2.50 bits per heavy atom. The van der Waals surface area contributed by atoms with Gasteiger partial charge in [-0.2, -0.15) is 0 Å². The number of rotatable bonds is 8. The van der Waals surface area contributed by atoms with Crippen molar-refractivity contribution >= 4 is 42.4 Å². The highest BCUT2D eigenvalue weighted by Gasteiger charge is 2.23. The summed E-state index contributed by atoms with van der Waals surface area (Å²) in [6.45, 7) is 10.4. The highest BCUT2D eigenvalue weighted by atomic mass is 32.2. The molecule has 2 heterocycles. The van der Waals surface area contributed by atoms with Crippen molar-refractivity contribution in [1.29, 1.82) is 0 Å². The third-order valence-corrected chi connectivity index (χ3v) is 9.14. The van der Waals surface area contributed by atoms with Gasteiger partial charge in [0.05, 0.1) is 34.1 Å². The summed E-state index contributed by atoms with van der Waals surface area (Å²) in [5.41, 5.74) is 3.67. The zero-order chi connectivity index (χ0) is 24.3. The number of carbonyl (C=O) groups excluding carboxylic acids is 1. The van der Waals surface area contributed by atoms with E-state index < -0.39 is 9.84 Å². The first-order valence-electron chi connectivity index (χ1n) is 11.6. The molecule has 0 aliphatic carbocycles. The van der Waals surface area contributed by atoms with Crippen molar-refractivity contribution in [2.45, 2.75) is 32.1 Å². The number of amides is 1. The molecule has 1 saturated heterocycles. The molecule has 1 aliphatic heterocycles. The first kappa shape index (κ1) is 24.8. The van der Waals surface area contributed by atoms with Gasteiger partial charge in [-0.25, -0.2) is 13.4 Å². The summed E-state index contributed by atoms with van der Waals surface area (Å²) in [6.07, 6.45) is 0.808. The van der Waals surface area contributed by atoms with Gasteiger partial charge in [0.25, 0.3) is 5.91 Å². The predicted octanol–water partition coefficient (Wildman–Crippen LogP) is 4.08. The number of nitrogens with zero attached hydrogens (tertiary/aromatic N) is 3. The number of anilines is 1. The van der Waals surface area contributed by atoms with Gasteiger partial charge in [-0.15, -0.1) is 0 Å². The highest BCUT2D eigenvalue weighted by molar-refractivity contribution is 7.91. The number of aromatic nitrogens is 1. The minimum atomic E-state index is -3.32. The molecule has 0 radical (unpaired) electrons. The number of aryl methyl sites for hydroxylation is 2. The minimum absolute atomic E-state index is 0.0262. The highest BCUT2D eigenvalue weighted by Crippen LogP contribution is 2.33. The Labute approximate surface area is 205 Å². The summed E-state index contributed by atoms with van der Waals surface area (Å²) < 4.78 is 30.8. The largest absolute Gasteiger partial charge is 0.379 e. The van der Waals surface area contributed by atoms with Gasteiger partial charge in [-0.05, 0) is 61.7 Å². The molecule has 1 aliphatic rings. The van der Waals surface area contributed by atoms with E-state index in [2.05, 4.69) is 30.9 Å². The van der Waals surface area contributed by atoms with Gasteiger partial charge in [0.1, 0.15) is 0 Å². The van der Waals surface area contributed by atoms with Crippen molar-refractivity contribution in [3.63, 3.8) is 0 Å². The fourth-order valence-electron chi connectivity index (χ4n) is 4.02. The second-order valence-electron chi connectivity index (χ2n) is 8.54. The number of morpholine rings is 1. The molecule has 182 valence electrons. The number of benzene rings is 2. The van der Waals surface area contributed by atoms with Crippen LogP contribution in [0.3, 0.4) is 0 Å². The quantitative estimate of drug-likeness (QED) is 0.463. The summed E-state index contributed by atoms with van der Waals surface area (Å²) in [5.74, 6) is -0.144. The molecule has 9 heteroatoms. The molecule has 34 heavy (non-hydrogen) atoms. The van der Waals surface area contributed by atoms with Gasteiger partial charge in [0.15, 0.2) is 15.0 Å². The average molecular weight is 502 g/mol. The lowest BCUT2D eigenvalue weighted by molar-refractivity contribution is 0.0376. The predicted molar refractivity (Wildman–Crippen MR) is 137 cm³/mol. The summed E-state index contributed by atoms with van der Waals surface area (Å²) >= 11 is 1.51. The molecule has 0 N–H and O–H groups in total. The van der Waals surface area contributed by atoms with Crippen molar-refractivity contribution in [1.82, 2.24) is 9.88 Å². The first-order chi connectivity index (χ1) is 16.3. The maximum Gasteiger partial charge on any atom is 0.260 e. The van der Waals surface area contributed by atoms with Crippen LogP contribution in [0.15, 0.2) is 41.3 Å². The molecule has 7 nitrogen and oxygen atoms in total. The Morgan fingerprint density at radius 2 is 1.82 bits per heavy atom. The SMILES string of the molecule is CCS(=O)(=O)c1ccc(C(=O)N(CCCN2CCOCC2)c2nc3c(C)c(C)ccc3s2)cc1. The van der Waals surface area contributed by atoms with E-state index in [1.807, 2.05) is 0 Å². The molecular weight excluding hydrogens is 470 g/mol. The Kier molecular flexibility index (Phi) is 7.67. The maximum absolute atomic E-state index is 13.6. The lowest BCUT2D eigenvalue weighted by atomic mass is 10.1. The van der Waals surface area contributed by atoms with E-state index in [0.717, 1.165) is 55.0 Å².